The monoisotopic (exact) mass is 280 g/mol. The molecule has 1 saturated carbocycles. The van der Waals surface area contributed by atoms with Crippen molar-refractivity contribution >= 4 is 11.8 Å². The van der Waals surface area contributed by atoms with E-state index in [0.29, 0.717) is 12.0 Å². The number of carbonyl (C=O) groups excluding carboxylic acids is 2. The Kier molecular flexibility index (Phi) is 4.11. The second-order valence-electron chi connectivity index (χ2n) is 5.06. The van der Waals surface area contributed by atoms with Gasteiger partial charge < -0.3 is 14.2 Å². The molecule has 1 fully saturated rings. The third-order valence-corrected chi connectivity index (χ3v) is 4.28. The number of methoxy groups -OCH3 is 3. The smallest absolute Gasteiger partial charge is 0.333 e. The molecule has 0 amide bonds. The van der Waals surface area contributed by atoms with E-state index >= 15 is 0 Å². The van der Waals surface area contributed by atoms with Crippen LogP contribution in [0.4, 0.5) is 0 Å². The van der Waals surface area contributed by atoms with Crippen molar-refractivity contribution in [2.24, 2.45) is 17.8 Å². The highest BCUT2D eigenvalue weighted by molar-refractivity contribution is 6.00. The van der Waals surface area contributed by atoms with E-state index in [1.165, 1.54) is 21.3 Å². The summed E-state index contributed by atoms with van der Waals surface area (Å²) in [5.74, 6) is -2.71. The van der Waals surface area contributed by atoms with Gasteiger partial charge in [0.1, 0.15) is 0 Å². The minimum Gasteiger partial charge on any atom is -0.466 e. The molecule has 0 aromatic heterocycles. The lowest BCUT2D eigenvalue weighted by atomic mass is 9.61. The van der Waals surface area contributed by atoms with Gasteiger partial charge in [0.15, 0.2) is 5.78 Å². The van der Waals surface area contributed by atoms with Gasteiger partial charge in [-0.25, -0.2) is 4.79 Å². The fourth-order valence-electron chi connectivity index (χ4n) is 3.36. The highest BCUT2D eigenvalue weighted by Gasteiger charge is 2.60. The first-order valence-corrected chi connectivity index (χ1v) is 6.63. The first-order chi connectivity index (χ1) is 9.55. The number of hydrogen-bond donors (Lipinski definition) is 0. The number of allylic oxidation sites excluding steroid dienone is 3. The van der Waals surface area contributed by atoms with Gasteiger partial charge in [-0.1, -0.05) is 18.2 Å². The van der Waals surface area contributed by atoms with Gasteiger partial charge in [-0.15, -0.1) is 0 Å². The van der Waals surface area contributed by atoms with Crippen molar-refractivity contribution in [3.05, 3.63) is 23.8 Å². The third-order valence-electron chi connectivity index (χ3n) is 4.28. The summed E-state index contributed by atoms with van der Waals surface area (Å²) < 4.78 is 15.6. The van der Waals surface area contributed by atoms with E-state index in [9.17, 15) is 9.59 Å². The molecule has 3 rings (SSSR count). The molecule has 2 bridgehead atoms. The molecule has 5 heteroatoms. The number of rotatable bonds is 4. The number of carbonyl (C=O) groups is 2. The Morgan fingerprint density at radius 1 is 1.35 bits per heavy atom. The second-order valence-corrected chi connectivity index (χ2v) is 5.06. The Bertz CT molecular complexity index is 473. The number of fused-ring (bicyclic) bond motifs is 2. The van der Waals surface area contributed by atoms with Crippen LogP contribution >= 0.6 is 0 Å². The SMILES string of the molecule is C/C=C/[C@H]1C[C@H]2C(C(=O)OC)=C[C@@H]1C(=O)C2(OC)OC. The molecular weight excluding hydrogens is 260 g/mol. The maximum Gasteiger partial charge on any atom is 0.333 e. The van der Waals surface area contributed by atoms with Crippen molar-refractivity contribution in [1.29, 1.82) is 0 Å². The van der Waals surface area contributed by atoms with Gasteiger partial charge in [0.25, 0.3) is 0 Å². The minimum atomic E-state index is -1.37. The largest absolute Gasteiger partial charge is 0.466 e. The molecule has 0 aromatic rings. The number of Topliss-reactive ketones (excluding diaryl/α,β-unsaturated/α-hetero) is 1. The zero-order valence-corrected chi connectivity index (χ0v) is 12.2. The number of hydrogen-bond acceptors (Lipinski definition) is 5. The van der Waals surface area contributed by atoms with Gasteiger partial charge in [-0.05, 0) is 19.3 Å². The van der Waals surface area contributed by atoms with Crippen molar-refractivity contribution in [2.45, 2.75) is 19.1 Å². The van der Waals surface area contributed by atoms with Gasteiger partial charge in [0.2, 0.25) is 5.79 Å². The predicted octanol–water partition coefficient (Wildman–Crippen LogP) is 1.49. The summed E-state index contributed by atoms with van der Waals surface area (Å²) in [6.45, 7) is 1.91. The maximum absolute atomic E-state index is 12.6. The summed E-state index contributed by atoms with van der Waals surface area (Å²) in [6, 6.07) is 0. The average molecular weight is 280 g/mol. The Balaban J connectivity index is 2.51. The Labute approximate surface area is 118 Å². The van der Waals surface area contributed by atoms with Crippen molar-refractivity contribution in [3.8, 4) is 0 Å². The molecule has 0 aliphatic heterocycles. The molecule has 0 N–H and O–H groups in total. The fraction of sp³-hybridized carbons (Fsp3) is 0.600. The van der Waals surface area contributed by atoms with Crippen molar-refractivity contribution < 1.29 is 23.8 Å². The summed E-state index contributed by atoms with van der Waals surface area (Å²) in [5, 5.41) is 0. The van der Waals surface area contributed by atoms with E-state index in [0.717, 1.165) is 0 Å². The molecule has 3 aliphatic carbocycles. The average Bonchev–Trinajstić information content (AvgIpc) is 2.48. The third kappa shape index (κ3) is 1.93. The van der Waals surface area contributed by atoms with Crippen LogP contribution in [0.2, 0.25) is 0 Å². The van der Waals surface area contributed by atoms with E-state index in [1.54, 1.807) is 6.08 Å². The molecule has 110 valence electrons. The minimum absolute atomic E-state index is 0.0735. The normalized spacial score (nSPS) is 31.5. The molecule has 0 unspecified atom stereocenters. The van der Waals surface area contributed by atoms with Crippen LogP contribution in [0.1, 0.15) is 13.3 Å². The maximum atomic E-state index is 12.6. The molecular formula is C15H20O5. The van der Waals surface area contributed by atoms with E-state index in [4.69, 9.17) is 14.2 Å². The predicted molar refractivity (Wildman–Crippen MR) is 71.8 cm³/mol. The quantitative estimate of drug-likeness (QED) is 0.443. The van der Waals surface area contributed by atoms with Gasteiger partial charge in [0.05, 0.1) is 13.0 Å². The van der Waals surface area contributed by atoms with Gasteiger partial charge >= 0.3 is 5.97 Å². The summed E-state index contributed by atoms with van der Waals surface area (Å²) in [7, 11) is 4.20. The molecule has 3 aliphatic rings. The van der Waals surface area contributed by atoms with Gasteiger partial charge in [-0.3, -0.25) is 4.79 Å². The van der Waals surface area contributed by atoms with Crippen LogP contribution in [-0.2, 0) is 23.8 Å². The van der Waals surface area contributed by atoms with Crippen molar-refractivity contribution in [2.75, 3.05) is 21.3 Å². The zero-order valence-electron chi connectivity index (χ0n) is 12.2. The Hall–Kier alpha value is -1.46. The molecule has 0 aromatic carbocycles. The Morgan fingerprint density at radius 2 is 2.00 bits per heavy atom. The van der Waals surface area contributed by atoms with E-state index < -0.39 is 23.6 Å². The van der Waals surface area contributed by atoms with Crippen LogP contribution in [-0.4, -0.2) is 38.9 Å². The summed E-state index contributed by atoms with van der Waals surface area (Å²) in [5.41, 5.74) is 0.474. The van der Waals surface area contributed by atoms with Gasteiger partial charge in [-0.2, -0.15) is 0 Å². The van der Waals surface area contributed by atoms with Crippen molar-refractivity contribution in [3.63, 3.8) is 0 Å². The Morgan fingerprint density at radius 3 is 2.50 bits per heavy atom. The standard InChI is InChI=1S/C15H20O5/c1-5-6-9-7-12-11(14(17)18-2)8-10(9)13(16)15(12,19-3)20-4/h5-6,8-10,12H,7H2,1-4H3/b6-5+/t9-,10-,12-/m0/s1. The van der Waals surface area contributed by atoms with Crippen LogP contribution in [0.15, 0.2) is 23.8 Å². The van der Waals surface area contributed by atoms with Crippen molar-refractivity contribution in [1.82, 2.24) is 0 Å². The van der Waals surface area contributed by atoms with Crippen LogP contribution in [0, 0.1) is 17.8 Å². The van der Waals surface area contributed by atoms with Crippen LogP contribution in [0.5, 0.6) is 0 Å². The van der Waals surface area contributed by atoms with E-state index in [-0.39, 0.29) is 11.7 Å². The van der Waals surface area contributed by atoms with E-state index in [1.807, 2.05) is 19.1 Å². The number of ketones is 1. The summed E-state index contributed by atoms with van der Waals surface area (Å²) in [4.78, 5) is 24.5. The highest BCUT2D eigenvalue weighted by Crippen LogP contribution is 2.50. The molecule has 3 atom stereocenters. The molecule has 20 heavy (non-hydrogen) atoms. The fourth-order valence-corrected chi connectivity index (χ4v) is 3.36. The topological polar surface area (TPSA) is 61.8 Å². The first-order valence-electron chi connectivity index (χ1n) is 6.63. The molecule has 0 saturated heterocycles. The molecule has 0 spiro atoms. The number of ether oxygens (including phenoxy) is 3. The van der Waals surface area contributed by atoms with Crippen LogP contribution in [0.25, 0.3) is 0 Å². The van der Waals surface area contributed by atoms with Crippen LogP contribution < -0.4 is 0 Å². The lowest BCUT2D eigenvalue weighted by Gasteiger charge is -2.49. The first kappa shape index (κ1) is 14.9. The summed E-state index contributed by atoms with van der Waals surface area (Å²) >= 11 is 0. The molecule has 5 nitrogen and oxygen atoms in total. The second kappa shape index (κ2) is 5.50. The van der Waals surface area contributed by atoms with E-state index in [2.05, 4.69) is 0 Å². The van der Waals surface area contributed by atoms with Crippen LogP contribution in [0.3, 0.4) is 0 Å². The lowest BCUT2D eigenvalue weighted by molar-refractivity contribution is -0.241. The molecule has 0 radical (unpaired) electrons. The summed E-state index contributed by atoms with van der Waals surface area (Å²) in [6.07, 6.45) is 6.26. The number of esters is 1. The molecule has 0 heterocycles. The lowest BCUT2D eigenvalue weighted by Crippen LogP contribution is -2.61. The highest BCUT2D eigenvalue weighted by atomic mass is 16.7. The van der Waals surface area contributed by atoms with Gasteiger partial charge in [0, 0.05) is 25.7 Å². The zero-order chi connectivity index (χ0) is 14.9.